The molecule has 4 unspecified atom stereocenters. The fourth-order valence-corrected chi connectivity index (χ4v) is 5.70. The van der Waals surface area contributed by atoms with Gasteiger partial charge in [-0.2, -0.15) is 5.26 Å². The van der Waals surface area contributed by atoms with Crippen molar-refractivity contribution in [1.29, 1.82) is 5.26 Å². The van der Waals surface area contributed by atoms with Crippen molar-refractivity contribution >= 4 is 29.1 Å². The summed E-state index contributed by atoms with van der Waals surface area (Å²) in [5.41, 5.74) is 0.536. The highest BCUT2D eigenvalue weighted by atomic mass is 35.5. The summed E-state index contributed by atoms with van der Waals surface area (Å²) in [6.07, 6.45) is 1.00. The molecule has 1 aliphatic heterocycles. The Hall–Kier alpha value is -2.14. The van der Waals surface area contributed by atoms with Crippen molar-refractivity contribution in [1.82, 2.24) is 10.6 Å². The minimum atomic E-state index is -1.06. The number of nitrogens with one attached hydrogen (secondary N) is 2. The number of rotatable bonds is 10. The summed E-state index contributed by atoms with van der Waals surface area (Å²) in [7, 11) is 0. The van der Waals surface area contributed by atoms with E-state index in [-0.39, 0.29) is 37.4 Å². The molecule has 0 spiro atoms. The van der Waals surface area contributed by atoms with Gasteiger partial charge in [0.05, 0.1) is 24.8 Å². The molecule has 2 aromatic carbocycles. The molecule has 188 valence electrons. The second-order valence-electron chi connectivity index (χ2n) is 9.14. The lowest BCUT2D eigenvalue weighted by Crippen LogP contribution is -2.47. The molecule has 1 aliphatic rings. The molecular weight excluding hydrogens is 485 g/mol. The SMILES string of the molecule is CCC(CC)C1NC(C(=O)NCC[C@H](O)CO)C(c2cccc(Cl)c2)C1(C#N)c1ccc(Cl)cc1. The fraction of sp³-hybridized carbons (Fsp3) is 0.481. The van der Waals surface area contributed by atoms with Crippen LogP contribution < -0.4 is 10.6 Å². The van der Waals surface area contributed by atoms with Gasteiger partial charge in [0.15, 0.2) is 0 Å². The van der Waals surface area contributed by atoms with E-state index in [4.69, 9.17) is 28.3 Å². The Balaban J connectivity index is 2.16. The minimum Gasteiger partial charge on any atom is -0.394 e. The smallest absolute Gasteiger partial charge is 0.237 e. The van der Waals surface area contributed by atoms with Crippen LogP contribution >= 0.6 is 23.2 Å². The lowest BCUT2D eigenvalue weighted by Gasteiger charge is -2.38. The Bertz CT molecular complexity index is 1040. The Kier molecular flexibility index (Phi) is 9.57. The fourth-order valence-electron chi connectivity index (χ4n) is 5.38. The molecular formula is C27H33Cl2N3O3. The summed E-state index contributed by atoms with van der Waals surface area (Å²) < 4.78 is 0. The predicted molar refractivity (Wildman–Crippen MR) is 138 cm³/mol. The summed E-state index contributed by atoms with van der Waals surface area (Å²) >= 11 is 12.6. The van der Waals surface area contributed by atoms with Crippen LogP contribution in [0, 0.1) is 17.2 Å². The molecule has 4 N–H and O–H groups in total. The number of hydrogen-bond donors (Lipinski definition) is 4. The third-order valence-electron chi connectivity index (χ3n) is 7.18. The van der Waals surface area contributed by atoms with Crippen LogP contribution in [-0.2, 0) is 10.2 Å². The van der Waals surface area contributed by atoms with Crippen molar-refractivity contribution in [3.8, 4) is 6.07 Å². The Labute approximate surface area is 217 Å². The molecule has 0 radical (unpaired) electrons. The first kappa shape index (κ1) is 27.4. The van der Waals surface area contributed by atoms with E-state index in [0.717, 1.165) is 24.0 Å². The molecule has 1 heterocycles. The van der Waals surface area contributed by atoms with Crippen molar-refractivity contribution in [3.05, 3.63) is 69.7 Å². The maximum Gasteiger partial charge on any atom is 0.237 e. The molecule has 3 rings (SSSR count). The van der Waals surface area contributed by atoms with Crippen molar-refractivity contribution in [2.75, 3.05) is 13.2 Å². The van der Waals surface area contributed by atoms with Crippen molar-refractivity contribution in [2.45, 2.75) is 62.6 Å². The molecule has 5 atom stereocenters. The van der Waals surface area contributed by atoms with Crippen LogP contribution in [0.15, 0.2) is 48.5 Å². The largest absolute Gasteiger partial charge is 0.394 e. The molecule has 1 amide bonds. The van der Waals surface area contributed by atoms with Gasteiger partial charge in [0, 0.05) is 28.5 Å². The molecule has 0 aliphatic carbocycles. The van der Waals surface area contributed by atoms with Crippen LogP contribution in [-0.4, -0.2) is 47.5 Å². The van der Waals surface area contributed by atoms with Crippen LogP contribution in [0.4, 0.5) is 0 Å². The van der Waals surface area contributed by atoms with Crippen molar-refractivity contribution < 1.29 is 15.0 Å². The lowest BCUT2D eigenvalue weighted by atomic mass is 9.62. The Morgan fingerprint density at radius 1 is 1.17 bits per heavy atom. The van der Waals surface area contributed by atoms with E-state index in [1.165, 1.54) is 0 Å². The molecule has 1 saturated heterocycles. The van der Waals surface area contributed by atoms with E-state index in [1.54, 1.807) is 18.2 Å². The average Bonchev–Trinajstić information content (AvgIpc) is 3.21. The van der Waals surface area contributed by atoms with Gasteiger partial charge in [-0.25, -0.2) is 0 Å². The molecule has 6 nitrogen and oxygen atoms in total. The van der Waals surface area contributed by atoms with E-state index in [9.17, 15) is 15.2 Å². The van der Waals surface area contributed by atoms with Crippen LogP contribution in [0.5, 0.6) is 0 Å². The van der Waals surface area contributed by atoms with E-state index in [2.05, 4.69) is 30.6 Å². The maximum atomic E-state index is 13.5. The Morgan fingerprint density at radius 2 is 1.86 bits per heavy atom. The van der Waals surface area contributed by atoms with E-state index in [0.29, 0.717) is 10.0 Å². The van der Waals surface area contributed by atoms with Gasteiger partial charge in [0.2, 0.25) is 5.91 Å². The van der Waals surface area contributed by atoms with Crippen molar-refractivity contribution in [2.24, 2.45) is 5.92 Å². The quantitative estimate of drug-likeness (QED) is 0.378. The first-order chi connectivity index (χ1) is 16.8. The van der Waals surface area contributed by atoms with Crippen LogP contribution in [0.2, 0.25) is 10.0 Å². The average molecular weight is 518 g/mol. The molecule has 0 aromatic heterocycles. The highest BCUT2D eigenvalue weighted by Crippen LogP contribution is 2.51. The number of carbonyl (C=O) groups excluding carboxylic acids is 1. The summed E-state index contributed by atoms with van der Waals surface area (Å²) in [6.45, 7) is 4.03. The molecule has 0 bridgehead atoms. The van der Waals surface area contributed by atoms with Gasteiger partial charge in [-0.1, -0.05) is 74.2 Å². The topological polar surface area (TPSA) is 105 Å². The van der Waals surface area contributed by atoms with Gasteiger partial charge in [-0.3, -0.25) is 4.79 Å². The molecule has 1 fully saturated rings. The predicted octanol–water partition coefficient (Wildman–Crippen LogP) is 4.17. The van der Waals surface area contributed by atoms with E-state index < -0.39 is 23.5 Å². The highest BCUT2D eigenvalue weighted by Gasteiger charge is 2.60. The summed E-state index contributed by atoms with van der Waals surface area (Å²) in [5, 5.41) is 37.2. The molecule has 8 heteroatoms. The molecule has 35 heavy (non-hydrogen) atoms. The first-order valence-electron chi connectivity index (χ1n) is 12.1. The van der Waals surface area contributed by atoms with Crippen LogP contribution in [0.25, 0.3) is 0 Å². The Morgan fingerprint density at radius 3 is 2.43 bits per heavy atom. The first-order valence-corrected chi connectivity index (χ1v) is 12.8. The van der Waals surface area contributed by atoms with Gasteiger partial charge in [-0.15, -0.1) is 0 Å². The van der Waals surface area contributed by atoms with Gasteiger partial charge in [-0.05, 0) is 47.7 Å². The minimum absolute atomic E-state index is 0.140. The number of nitriles is 1. The van der Waals surface area contributed by atoms with Crippen molar-refractivity contribution in [3.63, 3.8) is 0 Å². The monoisotopic (exact) mass is 517 g/mol. The number of amides is 1. The van der Waals surface area contributed by atoms with Crippen LogP contribution in [0.1, 0.15) is 50.2 Å². The lowest BCUT2D eigenvalue weighted by molar-refractivity contribution is -0.123. The normalized spacial score (nSPS) is 24.8. The number of hydrogen-bond acceptors (Lipinski definition) is 5. The van der Waals surface area contributed by atoms with Gasteiger partial charge >= 0.3 is 0 Å². The maximum absolute atomic E-state index is 13.5. The number of benzene rings is 2. The van der Waals surface area contributed by atoms with Gasteiger partial charge in [0.25, 0.3) is 0 Å². The number of nitrogens with zero attached hydrogens (tertiary/aromatic N) is 1. The van der Waals surface area contributed by atoms with Gasteiger partial charge in [0.1, 0.15) is 5.41 Å². The second-order valence-corrected chi connectivity index (χ2v) is 10.0. The summed E-state index contributed by atoms with van der Waals surface area (Å²) in [6, 6.07) is 16.3. The van der Waals surface area contributed by atoms with Gasteiger partial charge < -0.3 is 20.8 Å². The zero-order valence-corrected chi connectivity index (χ0v) is 21.6. The summed E-state index contributed by atoms with van der Waals surface area (Å²) in [5.74, 6) is -0.649. The van der Waals surface area contributed by atoms with E-state index in [1.807, 2.05) is 30.3 Å². The van der Waals surface area contributed by atoms with Crippen LogP contribution in [0.3, 0.4) is 0 Å². The number of halogens is 2. The number of carbonyl (C=O) groups is 1. The number of aliphatic hydroxyl groups is 2. The highest BCUT2D eigenvalue weighted by molar-refractivity contribution is 6.30. The summed E-state index contributed by atoms with van der Waals surface area (Å²) in [4.78, 5) is 13.5. The third kappa shape index (κ3) is 5.66. The molecule has 0 saturated carbocycles. The third-order valence-corrected chi connectivity index (χ3v) is 7.67. The zero-order valence-electron chi connectivity index (χ0n) is 20.0. The second kappa shape index (κ2) is 12.2. The molecule has 2 aromatic rings. The standard InChI is InChI=1S/C27H33Cl2N3O3/c1-3-17(4-2)25-27(16-30,19-8-10-20(28)11-9-19)23(18-6-5-7-21(29)14-18)24(32-25)26(35)31-13-12-22(34)15-33/h5-11,14,17,22-25,32-34H,3-4,12-13,15H2,1-2H3,(H,31,35)/t22-,23?,24?,25?,27?/m0/s1. The van der Waals surface area contributed by atoms with E-state index >= 15 is 0 Å². The zero-order chi connectivity index (χ0) is 25.6. The number of aliphatic hydroxyl groups excluding tert-OH is 2.